The molecule has 0 saturated heterocycles. The molecule has 0 fully saturated rings. The van der Waals surface area contributed by atoms with Crippen molar-refractivity contribution in [1.82, 2.24) is 0 Å². The van der Waals surface area contributed by atoms with Gasteiger partial charge in [-0.25, -0.2) is 0 Å². The zero-order chi connectivity index (χ0) is 12.3. The van der Waals surface area contributed by atoms with E-state index in [1.807, 2.05) is 41.8 Å². The molecule has 1 aromatic heterocycles. The average molecular weight is 311 g/mol. The van der Waals surface area contributed by atoms with Crippen LogP contribution in [0, 0.1) is 0 Å². The summed E-state index contributed by atoms with van der Waals surface area (Å²) < 4.78 is 1.01. The molecule has 2 rings (SSSR count). The molecule has 1 aromatic carbocycles. The summed E-state index contributed by atoms with van der Waals surface area (Å²) in [5.74, 6) is -1.25. The zero-order valence-corrected chi connectivity index (χ0v) is 11.4. The standard InChI is InChI=1S/C13H11BrO2S/c14-10-6-11(17-8-10)7-12(13(15)16)9-4-2-1-3-5-9/h1-6,8,12H,7H2,(H,15,16). The monoisotopic (exact) mass is 310 g/mol. The van der Waals surface area contributed by atoms with Gasteiger partial charge >= 0.3 is 5.97 Å². The first-order valence-electron chi connectivity index (χ1n) is 5.17. The van der Waals surface area contributed by atoms with Crippen LogP contribution >= 0.6 is 27.3 Å². The third kappa shape index (κ3) is 3.17. The Labute approximate surface area is 112 Å². The highest BCUT2D eigenvalue weighted by Gasteiger charge is 2.20. The number of benzene rings is 1. The maximum absolute atomic E-state index is 11.3. The van der Waals surface area contributed by atoms with Crippen molar-refractivity contribution in [3.8, 4) is 0 Å². The Morgan fingerprint density at radius 3 is 2.59 bits per heavy atom. The molecule has 2 aromatic rings. The molecule has 1 unspecified atom stereocenters. The molecule has 88 valence electrons. The fourth-order valence-corrected chi connectivity index (χ4v) is 3.19. The second kappa shape index (κ2) is 5.47. The molecule has 4 heteroatoms. The first-order chi connectivity index (χ1) is 8.16. The molecule has 0 aliphatic rings. The Balaban J connectivity index is 2.22. The van der Waals surface area contributed by atoms with Gasteiger partial charge in [0.1, 0.15) is 0 Å². The summed E-state index contributed by atoms with van der Waals surface area (Å²) in [7, 11) is 0. The molecule has 0 aliphatic heterocycles. The maximum Gasteiger partial charge on any atom is 0.311 e. The van der Waals surface area contributed by atoms with Crippen LogP contribution in [0.25, 0.3) is 0 Å². The minimum atomic E-state index is -0.777. The van der Waals surface area contributed by atoms with Gasteiger partial charge in [0.25, 0.3) is 0 Å². The van der Waals surface area contributed by atoms with Crippen molar-refractivity contribution in [2.75, 3.05) is 0 Å². The Bertz CT molecular complexity index is 507. The first-order valence-corrected chi connectivity index (χ1v) is 6.85. The van der Waals surface area contributed by atoms with Crippen molar-refractivity contribution in [3.63, 3.8) is 0 Å². The van der Waals surface area contributed by atoms with Gasteiger partial charge in [0.15, 0.2) is 0 Å². The topological polar surface area (TPSA) is 37.3 Å². The van der Waals surface area contributed by atoms with Crippen LogP contribution in [0.5, 0.6) is 0 Å². The molecule has 1 heterocycles. The summed E-state index contributed by atoms with van der Waals surface area (Å²) >= 11 is 4.96. The van der Waals surface area contributed by atoms with E-state index in [-0.39, 0.29) is 0 Å². The highest BCUT2D eigenvalue weighted by atomic mass is 79.9. The number of carboxylic acid groups (broad SMARTS) is 1. The third-order valence-corrected chi connectivity index (χ3v) is 4.25. The van der Waals surface area contributed by atoms with Gasteiger partial charge in [-0.2, -0.15) is 0 Å². The van der Waals surface area contributed by atoms with E-state index in [9.17, 15) is 9.90 Å². The normalized spacial score (nSPS) is 12.3. The second-order valence-corrected chi connectivity index (χ2v) is 5.65. The van der Waals surface area contributed by atoms with Crippen LogP contribution in [0.3, 0.4) is 0 Å². The number of hydrogen-bond donors (Lipinski definition) is 1. The van der Waals surface area contributed by atoms with Gasteiger partial charge in [-0.3, -0.25) is 4.79 Å². The van der Waals surface area contributed by atoms with Gasteiger partial charge in [-0.05, 0) is 34.0 Å². The van der Waals surface area contributed by atoms with Crippen molar-refractivity contribution in [2.45, 2.75) is 12.3 Å². The molecule has 1 N–H and O–H groups in total. The molecule has 1 atom stereocenters. The quantitative estimate of drug-likeness (QED) is 0.929. The Hall–Kier alpha value is -1.13. The number of aliphatic carboxylic acids is 1. The van der Waals surface area contributed by atoms with Gasteiger partial charge in [0.2, 0.25) is 0 Å². The Morgan fingerprint density at radius 2 is 2.06 bits per heavy atom. The van der Waals surface area contributed by atoms with Crippen molar-refractivity contribution >= 4 is 33.2 Å². The van der Waals surface area contributed by atoms with Gasteiger partial charge in [0.05, 0.1) is 5.92 Å². The van der Waals surface area contributed by atoms with Crippen LogP contribution in [-0.2, 0) is 11.2 Å². The van der Waals surface area contributed by atoms with E-state index in [2.05, 4.69) is 15.9 Å². The fourth-order valence-electron chi connectivity index (χ4n) is 1.70. The van der Waals surface area contributed by atoms with E-state index in [0.717, 1.165) is 14.9 Å². The summed E-state index contributed by atoms with van der Waals surface area (Å²) in [5.41, 5.74) is 0.851. The van der Waals surface area contributed by atoms with Crippen LogP contribution in [0.1, 0.15) is 16.4 Å². The lowest BCUT2D eigenvalue weighted by molar-refractivity contribution is -0.138. The van der Waals surface area contributed by atoms with E-state index in [4.69, 9.17) is 0 Å². The lowest BCUT2D eigenvalue weighted by atomic mass is 9.95. The fraction of sp³-hybridized carbons (Fsp3) is 0.154. The molecule has 0 saturated carbocycles. The van der Waals surface area contributed by atoms with E-state index in [0.29, 0.717) is 6.42 Å². The summed E-state index contributed by atoms with van der Waals surface area (Å²) in [5, 5.41) is 11.3. The zero-order valence-electron chi connectivity index (χ0n) is 8.97. The SMILES string of the molecule is O=C(O)C(Cc1cc(Br)cs1)c1ccccc1. The van der Waals surface area contributed by atoms with Gasteiger partial charge in [0, 0.05) is 14.7 Å². The average Bonchev–Trinajstić information content (AvgIpc) is 2.73. The van der Waals surface area contributed by atoms with Crippen molar-refractivity contribution in [1.29, 1.82) is 0 Å². The molecule has 0 radical (unpaired) electrons. The van der Waals surface area contributed by atoms with Crippen LogP contribution in [0.4, 0.5) is 0 Å². The molecule has 17 heavy (non-hydrogen) atoms. The highest BCUT2D eigenvalue weighted by molar-refractivity contribution is 9.10. The smallest absolute Gasteiger partial charge is 0.311 e. The van der Waals surface area contributed by atoms with E-state index >= 15 is 0 Å². The number of hydrogen-bond acceptors (Lipinski definition) is 2. The van der Waals surface area contributed by atoms with Gasteiger partial charge in [-0.15, -0.1) is 11.3 Å². The number of thiophene rings is 1. The van der Waals surface area contributed by atoms with Gasteiger partial charge < -0.3 is 5.11 Å². The maximum atomic E-state index is 11.3. The predicted molar refractivity (Wildman–Crippen MR) is 72.5 cm³/mol. The number of carboxylic acids is 1. The molecule has 2 nitrogen and oxygen atoms in total. The molecule has 0 bridgehead atoms. The second-order valence-electron chi connectivity index (χ2n) is 3.74. The lowest BCUT2D eigenvalue weighted by Gasteiger charge is -2.11. The first kappa shape index (κ1) is 12.3. The highest BCUT2D eigenvalue weighted by Crippen LogP contribution is 2.27. The Morgan fingerprint density at radius 1 is 1.35 bits per heavy atom. The third-order valence-electron chi connectivity index (χ3n) is 2.53. The number of rotatable bonds is 4. The van der Waals surface area contributed by atoms with Crippen LogP contribution in [-0.4, -0.2) is 11.1 Å². The van der Waals surface area contributed by atoms with Crippen molar-refractivity contribution < 1.29 is 9.90 Å². The van der Waals surface area contributed by atoms with E-state index in [1.54, 1.807) is 11.3 Å². The molecular weight excluding hydrogens is 300 g/mol. The van der Waals surface area contributed by atoms with Crippen molar-refractivity contribution in [3.05, 3.63) is 56.7 Å². The molecule has 0 amide bonds. The molecule has 0 aliphatic carbocycles. The largest absolute Gasteiger partial charge is 0.481 e. The summed E-state index contributed by atoms with van der Waals surface area (Å²) in [6, 6.07) is 11.3. The van der Waals surface area contributed by atoms with E-state index in [1.165, 1.54) is 0 Å². The summed E-state index contributed by atoms with van der Waals surface area (Å²) in [6.07, 6.45) is 0.537. The Kier molecular flexibility index (Phi) is 3.97. The van der Waals surface area contributed by atoms with E-state index < -0.39 is 11.9 Å². The molecule has 0 spiro atoms. The molecular formula is C13H11BrO2S. The van der Waals surface area contributed by atoms with Crippen molar-refractivity contribution in [2.24, 2.45) is 0 Å². The summed E-state index contributed by atoms with van der Waals surface area (Å²) in [6.45, 7) is 0. The van der Waals surface area contributed by atoms with Gasteiger partial charge in [-0.1, -0.05) is 30.3 Å². The minimum absolute atomic E-state index is 0.471. The number of halogens is 1. The van der Waals surface area contributed by atoms with Crippen LogP contribution in [0.15, 0.2) is 46.3 Å². The predicted octanol–water partition coefficient (Wildman–Crippen LogP) is 3.92. The van der Waals surface area contributed by atoms with Crippen LogP contribution in [0.2, 0.25) is 0 Å². The summed E-state index contributed by atoms with van der Waals surface area (Å²) in [4.78, 5) is 12.4. The lowest BCUT2D eigenvalue weighted by Crippen LogP contribution is -2.13. The van der Waals surface area contributed by atoms with Crippen LogP contribution < -0.4 is 0 Å². The minimum Gasteiger partial charge on any atom is -0.481 e. The number of carbonyl (C=O) groups is 1.